The summed E-state index contributed by atoms with van der Waals surface area (Å²) in [5.41, 5.74) is 10.5. The number of thiophene rings is 1. The third-order valence-electron chi connectivity index (χ3n) is 4.22. The molecule has 0 aliphatic carbocycles. The number of nitrogens with zero attached hydrogens (tertiary/aromatic N) is 3. The Morgan fingerprint density at radius 3 is 2.74 bits per heavy atom. The van der Waals surface area contributed by atoms with Crippen LogP contribution < -0.4 is 5.73 Å². The standard InChI is InChI=1S/C16H16N4OS2/c1-7-8(2)11-12(17)13(23-16(11)18-9(7)3)14-19-15(21-20-14)10-5-4-6-22-10/h5H,4,6,17H2,1-3H3. The van der Waals surface area contributed by atoms with Gasteiger partial charge >= 0.3 is 0 Å². The van der Waals surface area contributed by atoms with Gasteiger partial charge in [-0.25, -0.2) is 4.98 Å². The van der Waals surface area contributed by atoms with Gasteiger partial charge in [0.25, 0.3) is 5.89 Å². The SMILES string of the molecule is Cc1nc2sc(-c3noc(C4=CCCS4)n3)c(N)c2c(C)c1C. The zero-order chi connectivity index (χ0) is 16.1. The zero-order valence-corrected chi connectivity index (χ0v) is 14.8. The number of aryl methyl sites for hydroxylation is 2. The fraction of sp³-hybridized carbons (Fsp3) is 0.312. The number of allylic oxidation sites excluding steroid dienone is 1. The minimum Gasteiger partial charge on any atom is -0.397 e. The van der Waals surface area contributed by atoms with Crippen molar-refractivity contribution in [3.8, 4) is 10.7 Å². The van der Waals surface area contributed by atoms with Crippen molar-refractivity contribution in [2.45, 2.75) is 27.2 Å². The molecule has 1 aliphatic rings. The molecule has 7 heteroatoms. The van der Waals surface area contributed by atoms with Gasteiger partial charge in [0.15, 0.2) is 0 Å². The Hall–Kier alpha value is -1.86. The van der Waals surface area contributed by atoms with Crippen LogP contribution in [0.5, 0.6) is 0 Å². The molecule has 0 saturated carbocycles. The lowest BCUT2D eigenvalue weighted by molar-refractivity contribution is 0.410. The molecule has 4 rings (SSSR count). The van der Waals surface area contributed by atoms with Gasteiger partial charge in [-0.15, -0.1) is 23.1 Å². The van der Waals surface area contributed by atoms with Gasteiger partial charge in [0.05, 0.1) is 10.6 Å². The minimum absolute atomic E-state index is 0.545. The summed E-state index contributed by atoms with van der Waals surface area (Å²) in [6.45, 7) is 6.18. The average Bonchev–Trinajstić information content (AvgIpc) is 3.24. The number of thioether (sulfide) groups is 1. The molecule has 3 aromatic heterocycles. The van der Waals surface area contributed by atoms with Crippen molar-refractivity contribution < 1.29 is 4.52 Å². The third-order valence-corrected chi connectivity index (χ3v) is 6.41. The first-order valence-electron chi connectivity index (χ1n) is 7.39. The van der Waals surface area contributed by atoms with Crippen molar-refractivity contribution in [3.63, 3.8) is 0 Å². The number of pyridine rings is 1. The Labute approximate surface area is 142 Å². The summed E-state index contributed by atoms with van der Waals surface area (Å²) in [4.78, 5) is 12.0. The zero-order valence-electron chi connectivity index (χ0n) is 13.1. The lowest BCUT2D eigenvalue weighted by atomic mass is 10.1. The largest absolute Gasteiger partial charge is 0.397 e. The first-order chi connectivity index (χ1) is 11.1. The Kier molecular flexibility index (Phi) is 3.42. The Balaban J connectivity index is 1.86. The second-order valence-electron chi connectivity index (χ2n) is 5.60. The Bertz CT molecular complexity index is 955. The molecule has 0 atom stereocenters. The van der Waals surface area contributed by atoms with Crippen LogP contribution in [0.1, 0.15) is 29.1 Å². The fourth-order valence-electron chi connectivity index (χ4n) is 2.72. The van der Waals surface area contributed by atoms with E-state index in [1.807, 2.05) is 6.92 Å². The molecule has 5 nitrogen and oxygen atoms in total. The number of fused-ring (bicyclic) bond motifs is 1. The average molecular weight is 344 g/mol. The van der Waals surface area contributed by atoms with E-state index < -0.39 is 0 Å². The van der Waals surface area contributed by atoms with Crippen LogP contribution >= 0.6 is 23.1 Å². The molecule has 0 radical (unpaired) electrons. The maximum absolute atomic E-state index is 6.38. The van der Waals surface area contributed by atoms with Crippen LogP contribution in [0.3, 0.4) is 0 Å². The minimum atomic E-state index is 0.545. The van der Waals surface area contributed by atoms with Crippen LogP contribution in [0.4, 0.5) is 5.69 Å². The molecule has 0 amide bonds. The first-order valence-corrected chi connectivity index (χ1v) is 9.19. The molecule has 0 saturated heterocycles. The summed E-state index contributed by atoms with van der Waals surface area (Å²) in [5.74, 6) is 2.19. The number of nitrogen functional groups attached to an aromatic ring is 1. The molecule has 0 aromatic carbocycles. The van der Waals surface area contributed by atoms with Crippen LogP contribution in [0.25, 0.3) is 25.8 Å². The highest BCUT2D eigenvalue weighted by atomic mass is 32.2. The quantitative estimate of drug-likeness (QED) is 0.745. The summed E-state index contributed by atoms with van der Waals surface area (Å²) in [5, 5.41) is 5.13. The predicted octanol–water partition coefficient (Wildman–Crippen LogP) is 4.33. The van der Waals surface area contributed by atoms with Gasteiger partial charge in [-0.3, -0.25) is 0 Å². The van der Waals surface area contributed by atoms with E-state index in [1.54, 1.807) is 11.8 Å². The highest BCUT2D eigenvalue weighted by Gasteiger charge is 2.22. The van der Waals surface area contributed by atoms with E-state index in [-0.39, 0.29) is 0 Å². The van der Waals surface area contributed by atoms with Gasteiger partial charge in [-0.05, 0) is 38.3 Å². The van der Waals surface area contributed by atoms with Crippen molar-refractivity contribution in [2.75, 3.05) is 11.5 Å². The van der Waals surface area contributed by atoms with E-state index >= 15 is 0 Å². The smallest absolute Gasteiger partial charge is 0.264 e. The molecule has 0 unspecified atom stereocenters. The summed E-state index contributed by atoms with van der Waals surface area (Å²) in [7, 11) is 0. The van der Waals surface area contributed by atoms with Crippen molar-refractivity contribution in [3.05, 3.63) is 28.8 Å². The van der Waals surface area contributed by atoms with E-state index in [0.29, 0.717) is 17.4 Å². The molecule has 118 valence electrons. The van der Waals surface area contributed by atoms with Gasteiger partial charge in [0.2, 0.25) is 5.82 Å². The number of nitrogens with two attached hydrogens (primary N) is 1. The van der Waals surface area contributed by atoms with Crippen LogP contribution in [0.15, 0.2) is 10.6 Å². The van der Waals surface area contributed by atoms with Crippen molar-refractivity contribution in [1.29, 1.82) is 0 Å². The molecule has 0 fully saturated rings. The third kappa shape index (κ3) is 2.26. The second kappa shape index (κ2) is 5.35. The van der Waals surface area contributed by atoms with Crippen molar-refractivity contribution in [2.24, 2.45) is 0 Å². The van der Waals surface area contributed by atoms with Crippen molar-refractivity contribution in [1.82, 2.24) is 15.1 Å². The number of hydrogen-bond donors (Lipinski definition) is 1. The molecule has 3 aromatic rings. The molecule has 23 heavy (non-hydrogen) atoms. The van der Waals surface area contributed by atoms with Crippen molar-refractivity contribution >= 4 is 43.9 Å². The van der Waals surface area contributed by atoms with Gasteiger partial charge < -0.3 is 10.3 Å². The molecule has 0 spiro atoms. The molecule has 0 bridgehead atoms. The van der Waals surface area contributed by atoms with Gasteiger partial charge in [0.1, 0.15) is 9.71 Å². The molecule has 2 N–H and O–H groups in total. The summed E-state index contributed by atoms with van der Waals surface area (Å²) < 4.78 is 5.41. The van der Waals surface area contributed by atoms with E-state index in [4.69, 9.17) is 10.3 Å². The van der Waals surface area contributed by atoms with E-state index in [2.05, 4.69) is 35.0 Å². The van der Waals surface area contributed by atoms with Gasteiger partial charge in [0, 0.05) is 16.8 Å². The van der Waals surface area contributed by atoms with E-state index in [0.717, 1.165) is 37.9 Å². The molecule has 1 aliphatic heterocycles. The van der Waals surface area contributed by atoms with Crippen LogP contribution in [0.2, 0.25) is 0 Å². The number of anilines is 1. The highest BCUT2D eigenvalue weighted by Crippen LogP contribution is 2.42. The Morgan fingerprint density at radius 2 is 2.00 bits per heavy atom. The topological polar surface area (TPSA) is 77.8 Å². The van der Waals surface area contributed by atoms with E-state index in [1.165, 1.54) is 22.5 Å². The number of rotatable bonds is 2. The Morgan fingerprint density at radius 1 is 1.17 bits per heavy atom. The summed E-state index contributed by atoms with van der Waals surface area (Å²) in [6.07, 6.45) is 3.18. The normalized spacial score (nSPS) is 14.7. The lowest BCUT2D eigenvalue weighted by Gasteiger charge is -2.05. The maximum Gasteiger partial charge on any atom is 0.264 e. The van der Waals surface area contributed by atoms with Gasteiger partial charge in [-0.1, -0.05) is 11.2 Å². The maximum atomic E-state index is 6.38. The number of aromatic nitrogens is 3. The first kappa shape index (κ1) is 14.7. The fourth-order valence-corrected chi connectivity index (χ4v) is 4.74. The van der Waals surface area contributed by atoms with Crippen LogP contribution in [-0.4, -0.2) is 20.9 Å². The predicted molar refractivity (Wildman–Crippen MR) is 96.6 cm³/mol. The van der Waals surface area contributed by atoms with E-state index in [9.17, 15) is 0 Å². The monoisotopic (exact) mass is 344 g/mol. The lowest BCUT2D eigenvalue weighted by Crippen LogP contribution is -1.94. The molecular formula is C16H16N4OS2. The summed E-state index contributed by atoms with van der Waals surface area (Å²) in [6, 6.07) is 0. The van der Waals surface area contributed by atoms with Gasteiger partial charge in [-0.2, -0.15) is 4.98 Å². The number of hydrogen-bond acceptors (Lipinski definition) is 7. The summed E-state index contributed by atoms with van der Waals surface area (Å²) >= 11 is 3.27. The van der Waals surface area contributed by atoms with Crippen LogP contribution in [0, 0.1) is 20.8 Å². The highest BCUT2D eigenvalue weighted by molar-refractivity contribution is 8.08. The molecule has 4 heterocycles. The van der Waals surface area contributed by atoms with Crippen LogP contribution in [-0.2, 0) is 0 Å². The molecular weight excluding hydrogens is 328 g/mol. The second-order valence-corrected chi connectivity index (χ2v) is 7.74.